The number of pyridine rings is 1. The molecule has 0 aliphatic rings. The number of nitrogens with one attached hydrogen (secondary N) is 1. The van der Waals surface area contributed by atoms with Gasteiger partial charge in [-0.3, -0.25) is 4.79 Å². The summed E-state index contributed by atoms with van der Waals surface area (Å²) in [5.41, 5.74) is 7.82. The number of hydrogen-bond donors (Lipinski definition) is 1. The third-order valence-corrected chi connectivity index (χ3v) is 5.49. The van der Waals surface area contributed by atoms with Crippen LogP contribution in [0.2, 0.25) is 0 Å². The number of nitrogens with zero attached hydrogens (tertiary/aromatic N) is 1. The molecule has 0 spiro atoms. The number of fused-ring (bicyclic) bond motifs is 1. The van der Waals surface area contributed by atoms with Crippen molar-refractivity contribution in [2.24, 2.45) is 0 Å². The summed E-state index contributed by atoms with van der Waals surface area (Å²) in [4.78, 5) is 18.3. The van der Waals surface area contributed by atoms with E-state index in [2.05, 4.69) is 62.5 Å². The molecule has 30 heavy (non-hydrogen) atoms. The van der Waals surface area contributed by atoms with Gasteiger partial charge in [0.25, 0.3) is 5.91 Å². The molecule has 1 aromatic heterocycles. The van der Waals surface area contributed by atoms with Crippen LogP contribution in [0.5, 0.6) is 0 Å². The highest BCUT2D eigenvalue weighted by atomic mass is 16.1. The molecule has 0 bridgehead atoms. The summed E-state index contributed by atoms with van der Waals surface area (Å²) in [6.07, 6.45) is 0. The lowest BCUT2D eigenvalue weighted by Crippen LogP contribution is -2.27. The Bertz CT molecular complexity index is 1210. The normalized spacial score (nSPS) is 12.0. The van der Waals surface area contributed by atoms with E-state index in [9.17, 15) is 4.79 Å². The summed E-state index contributed by atoms with van der Waals surface area (Å²) in [5.74, 6) is -0.0860. The number of amides is 1. The minimum absolute atomic E-state index is 0.0860. The lowest BCUT2D eigenvalue weighted by atomic mass is 9.98. The van der Waals surface area contributed by atoms with Crippen molar-refractivity contribution in [2.45, 2.75) is 33.7 Å². The average molecular weight is 395 g/mol. The first-order valence-corrected chi connectivity index (χ1v) is 10.3. The summed E-state index contributed by atoms with van der Waals surface area (Å²) in [6.45, 7) is 8.17. The van der Waals surface area contributed by atoms with E-state index in [0.29, 0.717) is 5.56 Å². The Labute approximate surface area is 177 Å². The summed E-state index contributed by atoms with van der Waals surface area (Å²) in [7, 11) is 0. The quantitative estimate of drug-likeness (QED) is 0.440. The second-order valence-electron chi connectivity index (χ2n) is 8.00. The zero-order valence-corrected chi connectivity index (χ0v) is 17.9. The molecule has 150 valence electrons. The highest BCUT2D eigenvalue weighted by molar-refractivity contribution is 6.08. The van der Waals surface area contributed by atoms with Crippen LogP contribution in [-0.4, -0.2) is 10.9 Å². The molecule has 1 unspecified atom stereocenters. The predicted molar refractivity (Wildman–Crippen MR) is 124 cm³/mol. The maximum absolute atomic E-state index is 13.4. The molecule has 0 saturated heterocycles. The molecule has 0 aliphatic heterocycles. The Kier molecular flexibility index (Phi) is 5.37. The molecule has 0 aliphatic carbocycles. The summed E-state index contributed by atoms with van der Waals surface area (Å²) in [5, 5.41) is 4.05. The SMILES string of the molecule is Cc1ccc(-c2cc(C(=O)NC(C)c3ccccc3)c3cc(C)cc(C)c3n2)cc1. The number of benzene rings is 3. The molecule has 0 saturated carbocycles. The van der Waals surface area contributed by atoms with Crippen molar-refractivity contribution in [3.05, 3.63) is 101 Å². The van der Waals surface area contributed by atoms with Gasteiger partial charge in [-0.05, 0) is 51.0 Å². The van der Waals surface area contributed by atoms with E-state index in [1.165, 1.54) is 5.56 Å². The average Bonchev–Trinajstić information content (AvgIpc) is 2.74. The van der Waals surface area contributed by atoms with Crippen molar-refractivity contribution < 1.29 is 4.79 Å². The van der Waals surface area contributed by atoms with Crippen LogP contribution in [0, 0.1) is 20.8 Å². The van der Waals surface area contributed by atoms with Crippen LogP contribution < -0.4 is 5.32 Å². The highest BCUT2D eigenvalue weighted by Gasteiger charge is 2.18. The van der Waals surface area contributed by atoms with E-state index in [4.69, 9.17) is 4.98 Å². The van der Waals surface area contributed by atoms with E-state index >= 15 is 0 Å². The molecule has 1 atom stereocenters. The Morgan fingerprint density at radius 1 is 0.867 bits per heavy atom. The molecular formula is C27H26N2O. The van der Waals surface area contributed by atoms with Crippen molar-refractivity contribution in [2.75, 3.05) is 0 Å². The van der Waals surface area contributed by atoms with Gasteiger partial charge in [0.05, 0.1) is 22.8 Å². The molecule has 3 nitrogen and oxygen atoms in total. The number of aryl methyl sites for hydroxylation is 3. The Balaban J connectivity index is 1.82. The fraction of sp³-hybridized carbons (Fsp3) is 0.185. The molecule has 4 aromatic rings. The highest BCUT2D eigenvalue weighted by Crippen LogP contribution is 2.28. The maximum atomic E-state index is 13.4. The monoisotopic (exact) mass is 394 g/mol. The Morgan fingerprint density at radius 2 is 1.57 bits per heavy atom. The molecule has 1 heterocycles. The molecule has 0 radical (unpaired) electrons. The minimum Gasteiger partial charge on any atom is -0.345 e. The van der Waals surface area contributed by atoms with Gasteiger partial charge in [0.15, 0.2) is 0 Å². The fourth-order valence-electron chi connectivity index (χ4n) is 3.84. The van der Waals surface area contributed by atoms with Crippen LogP contribution in [0.1, 0.15) is 45.6 Å². The molecule has 3 aromatic carbocycles. The molecule has 0 fully saturated rings. The van der Waals surface area contributed by atoms with E-state index in [1.54, 1.807) is 0 Å². The number of carbonyl (C=O) groups is 1. The zero-order valence-electron chi connectivity index (χ0n) is 17.9. The largest absolute Gasteiger partial charge is 0.345 e. The standard InChI is InChI=1S/C27H26N2O/c1-17-10-12-22(13-11-17)25-16-24(23-15-18(2)14-19(3)26(23)29-25)27(30)28-20(4)21-8-6-5-7-9-21/h5-16,20H,1-4H3,(H,28,30). The number of hydrogen-bond acceptors (Lipinski definition) is 2. The topological polar surface area (TPSA) is 42.0 Å². The summed E-state index contributed by atoms with van der Waals surface area (Å²) < 4.78 is 0. The van der Waals surface area contributed by atoms with Crippen molar-refractivity contribution in [1.29, 1.82) is 0 Å². The molecule has 1 amide bonds. The fourth-order valence-corrected chi connectivity index (χ4v) is 3.84. The molecular weight excluding hydrogens is 368 g/mol. The maximum Gasteiger partial charge on any atom is 0.252 e. The first-order chi connectivity index (χ1) is 14.4. The lowest BCUT2D eigenvalue weighted by molar-refractivity contribution is 0.0941. The van der Waals surface area contributed by atoms with Gasteiger partial charge in [-0.15, -0.1) is 0 Å². The second-order valence-corrected chi connectivity index (χ2v) is 8.00. The number of rotatable bonds is 4. The van der Waals surface area contributed by atoms with Crippen LogP contribution in [-0.2, 0) is 0 Å². The molecule has 1 N–H and O–H groups in total. The molecule has 3 heteroatoms. The lowest BCUT2D eigenvalue weighted by Gasteiger charge is -2.17. The van der Waals surface area contributed by atoms with Crippen LogP contribution >= 0.6 is 0 Å². The van der Waals surface area contributed by atoms with E-state index < -0.39 is 0 Å². The van der Waals surface area contributed by atoms with Gasteiger partial charge < -0.3 is 5.32 Å². The van der Waals surface area contributed by atoms with Gasteiger partial charge in [-0.1, -0.05) is 71.8 Å². The first kappa shape index (κ1) is 19.8. The third-order valence-electron chi connectivity index (χ3n) is 5.49. The van der Waals surface area contributed by atoms with Gasteiger partial charge in [0.2, 0.25) is 0 Å². The number of aromatic nitrogens is 1. The van der Waals surface area contributed by atoms with E-state index in [0.717, 1.165) is 38.9 Å². The van der Waals surface area contributed by atoms with Gasteiger partial charge in [0, 0.05) is 10.9 Å². The van der Waals surface area contributed by atoms with Gasteiger partial charge >= 0.3 is 0 Å². The van der Waals surface area contributed by atoms with Crippen LogP contribution in [0.4, 0.5) is 0 Å². The van der Waals surface area contributed by atoms with Crippen molar-refractivity contribution >= 4 is 16.8 Å². The van der Waals surface area contributed by atoms with Crippen LogP contribution in [0.15, 0.2) is 72.8 Å². The Morgan fingerprint density at radius 3 is 2.27 bits per heavy atom. The second kappa shape index (κ2) is 8.11. The van der Waals surface area contributed by atoms with Crippen molar-refractivity contribution in [3.8, 4) is 11.3 Å². The van der Waals surface area contributed by atoms with Gasteiger partial charge in [-0.2, -0.15) is 0 Å². The minimum atomic E-state index is -0.0874. The number of carbonyl (C=O) groups excluding carboxylic acids is 1. The van der Waals surface area contributed by atoms with Crippen molar-refractivity contribution in [1.82, 2.24) is 10.3 Å². The first-order valence-electron chi connectivity index (χ1n) is 10.3. The van der Waals surface area contributed by atoms with Crippen LogP contribution in [0.25, 0.3) is 22.2 Å². The smallest absolute Gasteiger partial charge is 0.252 e. The summed E-state index contributed by atoms with van der Waals surface area (Å²) >= 11 is 0. The summed E-state index contributed by atoms with van der Waals surface area (Å²) in [6, 6.07) is 24.3. The van der Waals surface area contributed by atoms with Crippen LogP contribution in [0.3, 0.4) is 0 Å². The predicted octanol–water partition coefficient (Wildman–Crippen LogP) is 6.32. The van der Waals surface area contributed by atoms with E-state index in [-0.39, 0.29) is 11.9 Å². The molecule has 4 rings (SSSR count). The Hall–Kier alpha value is -3.46. The van der Waals surface area contributed by atoms with Crippen molar-refractivity contribution in [3.63, 3.8) is 0 Å². The van der Waals surface area contributed by atoms with Gasteiger partial charge in [-0.25, -0.2) is 4.98 Å². The van der Waals surface area contributed by atoms with E-state index in [1.807, 2.05) is 43.3 Å². The van der Waals surface area contributed by atoms with Gasteiger partial charge in [0.1, 0.15) is 0 Å². The third kappa shape index (κ3) is 3.97. The zero-order chi connectivity index (χ0) is 21.3.